The summed E-state index contributed by atoms with van der Waals surface area (Å²) in [6.45, 7) is 3.40. The first-order valence-corrected chi connectivity index (χ1v) is 6.16. The van der Waals surface area contributed by atoms with Crippen LogP contribution in [0, 0.1) is 5.82 Å². The van der Waals surface area contributed by atoms with Crippen molar-refractivity contribution in [3.63, 3.8) is 0 Å². The molecule has 3 rings (SSSR count). The lowest BCUT2D eigenvalue weighted by atomic mass is 10.1. The third-order valence-electron chi connectivity index (χ3n) is 3.41. The summed E-state index contributed by atoms with van der Waals surface area (Å²) >= 11 is 0. The number of aliphatic imine (C=N–C) groups is 1. The second-order valence-corrected chi connectivity index (χ2v) is 4.44. The summed E-state index contributed by atoms with van der Waals surface area (Å²) < 4.78 is 21.0. The van der Waals surface area contributed by atoms with E-state index in [2.05, 4.69) is 11.9 Å². The van der Waals surface area contributed by atoms with Gasteiger partial charge in [0.1, 0.15) is 18.1 Å². The predicted molar refractivity (Wildman–Crippen MR) is 69.6 cm³/mol. The monoisotopic (exact) mass is 246 g/mol. The highest BCUT2D eigenvalue weighted by molar-refractivity contribution is 6.02. The van der Waals surface area contributed by atoms with Crippen molar-refractivity contribution in [3.05, 3.63) is 35.3 Å². The van der Waals surface area contributed by atoms with Crippen molar-refractivity contribution in [2.75, 3.05) is 13.2 Å². The van der Waals surface area contributed by atoms with E-state index >= 15 is 0 Å². The van der Waals surface area contributed by atoms with Crippen LogP contribution in [0.3, 0.4) is 0 Å². The van der Waals surface area contributed by atoms with Gasteiger partial charge in [-0.25, -0.2) is 9.38 Å². The minimum atomic E-state index is -0.205. The second-order valence-electron chi connectivity index (χ2n) is 4.44. The smallest absolute Gasteiger partial charge is 0.233 e. The fourth-order valence-electron chi connectivity index (χ4n) is 2.60. The first kappa shape index (κ1) is 11.3. The topological polar surface area (TPSA) is 26.5 Å². The van der Waals surface area contributed by atoms with E-state index in [1.54, 1.807) is 6.07 Å². The van der Waals surface area contributed by atoms with Crippen molar-refractivity contribution < 1.29 is 9.13 Å². The summed E-state index contributed by atoms with van der Waals surface area (Å²) in [5.41, 5.74) is 3.10. The van der Waals surface area contributed by atoms with Crippen LogP contribution in [-0.2, 0) is 18.2 Å². The minimum absolute atomic E-state index is 0.205. The lowest BCUT2D eigenvalue weighted by molar-refractivity contribution is 0.346. The van der Waals surface area contributed by atoms with Crippen LogP contribution in [0.15, 0.2) is 23.2 Å². The number of ether oxygens (including phenoxy) is 1. The third-order valence-corrected chi connectivity index (χ3v) is 3.41. The highest BCUT2D eigenvalue weighted by Gasteiger charge is 2.21. The number of aryl methyl sites for hydroxylation is 2. The van der Waals surface area contributed by atoms with Gasteiger partial charge < -0.3 is 9.30 Å². The van der Waals surface area contributed by atoms with E-state index in [1.807, 2.05) is 17.7 Å². The molecule has 0 aliphatic carbocycles. The third kappa shape index (κ3) is 1.52. The molecular weight excluding hydrogens is 231 g/mol. The molecule has 0 N–H and O–H groups in total. The van der Waals surface area contributed by atoms with E-state index in [0.29, 0.717) is 19.0 Å². The molecule has 1 aliphatic rings. The summed E-state index contributed by atoms with van der Waals surface area (Å²) in [7, 11) is 1.97. The van der Waals surface area contributed by atoms with E-state index in [0.717, 1.165) is 28.6 Å². The van der Waals surface area contributed by atoms with Crippen LogP contribution in [0.5, 0.6) is 0 Å². The van der Waals surface area contributed by atoms with Gasteiger partial charge in [0.25, 0.3) is 0 Å². The Hall–Kier alpha value is -1.84. The molecule has 1 aromatic carbocycles. The van der Waals surface area contributed by atoms with Crippen LogP contribution in [0.2, 0.25) is 0 Å². The van der Waals surface area contributed by atoms with Gasteiger partial charge in [0.2, 0.25) is 5.90 Å². The fraction of sp³-hybridized carbons (Fsp3) is 0.357. The van der Waals surface area contributed by atoms with Crippen molar-refractivity contribution in [1.82, 2.24) is 4.57 Å². The molecule has 0 unspecified atom stereocenters. The van der Waals surface area contributed by atoms with Gasteiger partial charge in [0, 0.05) is 18.0 Å². The number of halogens is 1. The molecule has 0 bridgehead atoms. The van der Waals surface area contributed by atoms with E-state index in [9.17, 15) is 4.39 Å². The van der Waals surface area contributed by atoms with Crippen molar-refractivity contribution in [3.8, 4) is 0 Å². The molecule has 0 fully saturated rings. The Kier molecular flexibility index (Phi) is 2.58. The Balaban J connectivity index is 2.33. The number of nitrogens with zero attached hydrogens (tertiary/aromatic N) is 2. The predicted octanol–water partition coefficient (Wildman–Crippen LogP) is 2.66. The molecule has 0 saturated carbocycles. The Morgan fingerprint density at radius 3 is 2.94 bits per heavy atom. The van der Waals surface area contributed by atoms with Gasteiger partial charge in [-0.1, -0.05) is 6.92 Å². The molecule has 0 radical (unpaired) electrons. The number of aromatic nitrogens is 1. The van der Waals surface area contributed by atoms with Crippen LogP contribution in [0.25, 0.3) is 10.9 Å². The van der Waals surface area contributed by atoms with E-state index in [-0.39, 0.29) is 5.82 Å². The Labute approximate surface area is 105 Å². The van der Waals surface area contributed by atoms with Crippen LogP contribution < -0.4 is 0 Å². The average molecular weight is 246 g/mol. The van der Waals surface area contributed by atoms with Crippen molar-refractivity contribution >= 4 is 16.8 Å². The molecule has 2 aromatic rings. The molecule has 94 valence electrons. The summed E-state index contributed by atoms with van der Waals surface area (Å²) in [4.78, 5) is 4.37. The lowest BCUT2D eigenvalue weighted by Crippen LogP contribution is -2.09. The molecule has 3 nitrogen and oxygen atoms in total. The minimum Gasteiger partial charge on any atom is -0.474 e. The van der Waals surface area contributed by atoms with Gasteiger partial charge in [-0.15, -0.1) is 0 Å². The quantitative estimate of drug-likeness (QED) is 0.800. The molecule has 2 heterocycles. The second kappa shape index (κ2) is 4.12. The summed E-state index contributed by atoms with van der Waals surface area (Å²) in [6, 6.07) is 4.89. The van der Waals surface area contributed by atoms with Crippen LogP contribution >= 0.6 is 0 Å². The molecule has 0 amide bonds. The van der Waals surface area contributed by atoms with Gasteiger partial charge in [-0.05, 0) is 30.2 Å². The largest absolute Gasteiger partial charge is 0.474 e. The zero-order valence-corrected chi connectivity index (χ0v) is 10.5. The summed E-state index contributed by atoms with van der Waals surface area (Å²) in [5, 5.41) is 0.952. The van der Waals surface area contributed by atoms with Gasteiger partial charge in [0.05, 0.1) is 6.54 Å². The Bertz CT molecular complexity index is 643. The fourth-order valence-corrected chi connectivity index (χ4v) is 2.60. The first-order chi connectivity index (χ1) is 8.72. The standard InChI is InChI=1S/C14H15FN2O/c1-3-10-11-8-9(15)4-5-12(11)17(2)13(10)14-16-6-7-18-14/h4-5,8H,3,6-7H2,1-2H3. The number of hydrogen-bond acceptors (Lipinski definition) is 2. The maximum absolute atomic E-state index is 13.4. The first-order valence-electron chi connectivity index (χ1n) is 6.16. The highest BCUT2D eigenvalue weighted by Crippen LogP contribution is 2.28. The number of rotatable bonds is 2. The summed E-state index contributed by atoms with van der Waals surface area (Å²) in [5.74, 6) is 0.481. The van der Waals surface area contributed by atoms with E-state index in [1.165, 1.54) is 6.07 Å². The highest BCUT2D eigenvalue weighted by atomic mass is 19.1. The molecule has 18 heavy (non-hydrogen) atoms. The zero-order chi connectivity index (χ0) is 12.7. The van der Waals surface area contributed by atoms with Crippen molar-refractivity contribution in [2.24, 2.45) is 12.0 Å². The summed E-state index contributed by atoms with van der Waals surface area (Å²) in [6.07, 6.45) is 0.832. The molecular formula is C14H15FN2O. The van der Waals surface area contributed by atoms with Gasteiger partial charge >= 0.3 is 0 Å². The number of hydrogen-bond donors (Lipinski definition) is 0. The normalized spacial score (nSPS) is 14.9. The van der Waals surface area contributed by atoms with Crippen molar-refractivity contribution in [2.45, 2.75) is 13.3 Å². The SMILES string of the molecule is CCc1c(C2=NCCO2)n(C)c2ccc(F)cc12. The van der Waals surface area contributed by atoms with E-state index in [4.69, 9.17) is 4.74 Å². The van der Waals surface area contributed by atoms with E-state index < -0.39 is 0 Å². The molecule has 1 aliphatic heterocycles. The van der Waals surface area contributed by atoms with Gasteiger partial charge in [-0.2, -0.15) is 0 Å². The maximum atomic E-state index is 13.4. The van der Waals surface area contributed by atoms with Crippen LogP contribution in [-0.4, -0.2) is 23.6 Å². The molecule has 0 atom stereocenters. The average Bonchev–Trinajstić information content (AvgIpc) is 2.95. The molecule has 0 spiro atoms. The molecule has 1 aromatic heterocycles. The maximum Gasteiger partial charge on any atom is 0.233 e. The van der Waals surface area contributed by atoms with Crippen molar-refractivity contribution in [1.29, 1.82) is 0 Å². The number of benzene rings is 1. The Morgan fingerprint density at radius 1 is 1.44 bits per heavy atom. The molecule has 4 heteroatoms. The Morgan fingerprint density at radius 2 is 2.28 bits per heavy atom. The molecule has 0 saturated heterocycles. The van der Waals surface area contributed by atoms with Crippen LogP contribution in [0.4, 0.5) is 4.39 Å². The zero-order valence-electron chi connectivity index (χ0n) is 10.5. The number of fused-ring (bicyclic) bond motifs is 1. The van der Waals surface area contributed by atoms with Gasteiger partial charge in [-0.3, -0.25) is 0 Å². The van der Waals surface area contributed by atoms with Crippen LogP contribution in [0.1, 0.15) is 18.2 Å². The lowest BCUT2D eigenvalue weighted by Gasteiger charge is -2.06. The van der Waals surface area contributed by atoms with Gasteiger partial charge in [0.15, 0.2) is 0 Å².